The van der Waals surface area contributed by atoms with Gasteiger partial charge in [0.25, 0.3) is 5.91 Å². The van der Waals surface area contributed by atoms with Crippen LogP contribution in [-0.2, 0) is 17.8 Å². The van der Waals surface area contributed by atoms with E-state index in [1.165, 1.54) is 6.92 Å². The zero-order chi connectivity index (χ0) is 17.6. The molecule has 0 saturated heterocycles. The Hall–Kier alpha value is -2.40. The summed E-state index contributed by atoms with van der Waals surface area (Å²) in [5.41, 5.74) is 4.58. The molecule has 1 atom stereocenters. The molecule has 128 valence electrons. The van der Waals surface area contributed by atoms with E-state index in [4.69, 9.17) is 11.6 Å². The largest absolute Gasteiger partial charge is 0.349 e. The lowest BCUT2D eigenvalue weighted by molar-refractivity contribution is -0.119. The number of carbonyl (C=O) groups excluding carboxylic acids is 2. The summed E-state index contributed by atoms with van der Waals surface area (Å²) in [4.78, 5) is 30.4. The molecule has 1 aromatic heterocycles. The maximum Gasteiger partial charge on any atom is 0.258 e. The van der Waals surface area contributed by atoms with Gasteiger partial charge in [0.1, 0.15) is 0 Å². The zero-order valence-electron chi connectivity index (χ0n) is 13.9. The number of rotatable bonds is 2. The van der Waals surface area contributed by atoms with Crippen molar-refractivity contribution < 1.29 is 9.59 Å². The van der Waals surface area contributed by atoms with Crippen LogP contribution < -0.4 is 10.2 Å². The molecule has 1 aliphatic carbocycles. The van der Waals surface area contributed by atoms with Gasteiger partial charge in [-0.2, -0.15) is 0 Å². The van der Waals surface area contributed by atoms with E-state index in [-0.39, 0.29) is 17.9 Å². The number of anilines is 1. The van der Waals surface area contributed by atoms with E-state index >= 15 is 0 Å². The molecular formula is C19H18ClN3O2. The molecule has 1 aliphatic heterocycles. The molecule has 0 fully saturated rings. The van der Waals surface area contributed by atoms with Crippen LogP contribution in [0.3, 0.4) is 0 Å². The molecule has 2 aromatic rings. The molecule has 0 radical (unpaired) electrons. The average Bonchev–Trinajstić information content (AvgIpc) is 2.90. The number of nitrogens with zero attached hydrogens (tertiary/aromatic N) is 2. The quantitative estimate of drug-likeness (QED) is 0.898. The van der Waals surface area contributed by atoms with Crippen LogP contribution in [0.1, 0.15) is 52.9 Å². The Morgan fingerprint density at radius 1 is 1.36 bits per heavy atom. The fraction of sp³-hybridized carbons (Fsp3) is 0.316. The number of benzene rings is 1. The third-order valence-electron chi connectivity index (χ3n) is 4.90. The van der Waals surface area contributed by atoms with Gasteiger partial charge in [-0.05, 0) is 54.2 Å². The van der Waals surface area contributed by atoms with Crippen LogP contribution in [0.4, 0.5) is 5.69 Å². The fourth-order valence-corrected chi connectivity index (χ4v) is 4.01. The average molecular weight is 356 g/mol. The van der Waals surface area contributed by atoms with Gasteiger partial charge >= 0.3 is 0 Å². The number of pyridine rings is 1. The minimum Gasteiger partial charge on any atom is -0.349 e. The standard InChI is InChI=1S/C19H18ClN3O2/c1-11(24)22-17-4-2-3-15-16(17)8-21-9-18(15)23-10-12-7-13(20)5-6-14(12)19(23)25/h5-9,17H,2-4,10H2,1H3,(H,22,24)/t17-/m1/s1. The fourth-order valence-electron chi connectivity index (χ4n) is 3.81. The Bertz CT molecular complexity index is 881. The van der Waals surface area contributed by atoms with Crippen molar-refractivity contribution in [1.29, 1.82) is 0 Å². The lowest BCUT2D eigenvalue weighted by Gasteiger charge is -2.29. The first-order chi connectivity index (χ1) is 12.0. The first kappa shape index (κ1) is 16.1. The lowest BCUT2D eigenvalue weighted by atomic mass is 9.88. The van der Waals surface area contributed by atoms with Crippen LogP contribution in [0, 0.1) is 0 Å². The highest BCUT2D eigenvalue weighted by Crippen LogP contribution is 2.38. The molecule has 0 bridgehead atoms. The Balaban J connectivity index is 1.73. The number of hydrogen-bond donors (Lipinski definition) is 1. The second kappa shape index (κ2) is 6.15. The molecule has 6 heteroatoms. The zero-order valence-corrected chi connectivity index (χ0v) is 14.6. The van der Waals surface area contributed by atoms with Gasteiger partial charge < -0.3 is 10.2 Å². The summed E-state index contributed by atoms with van der Waals surface area (Å²) in [5.74, 6) is -0.0777. The van der Waals surface area contributed by atoms with Gasteiger partial charge in [0.2, 0.25) is 5.91 Å². The van der Waals surface area contributed by atoms with Gasteiger partial charge in [0.05, 0.1) is 24.5 Å². The molecule has 1 N–H and O–H groups in total. The molecule has 1 aromatic carbocycles. The van der Waals surface area contributed by atoms with Crippen molar-refractivity contribution in [2.45, 2.75) is 38.8 Å². The smallest absolute Gasteiger partial charge is 0.258 e. The van der Waals surface area contributed by atoms with E-state index in [1.807, 2.05) is 12.3 Å². The van der Waals surface area contributed by atoms with Crippen molar-refractivity contribution >= 4 is 29.1 Å². The van der Waals surface area contributed by atoms with Gasteiger partial charge in [-0.1, -0.05) is 11.6 Å². The number of hydrogen-bond acceptors (Lipinski definition) is 3. The predicted molar refractivity (Wildman–Crippen MR) is 95.7 cm³/mol. The van der Waals surface area contributed by atoms with Crippen molar-refractivity contribution in [3.05, 3.63) is 57.9 Å². The van der Waals surface area contributed by atoms with Crippen LogP contribution in [0.15, 0.2) is 30.6 Å². The van der Waals surface area contributed by atoms with Gasteiger partial charge in [-0.15, -0.1) is 0 Å². The maximum absolute atomic E-state index is 12.8. The number of nitrogens with one attached hydrogen (secondary N) is 1. The van der Waals surface area contributed by atoms with Crippen LogP contribution in [0.5, 0.6) is 0 Å². The third kappa shape index (κ3) is 2.78. The van der Waals surface area contributed by atoms with Crippen LogP contribution in [-0.4, -0.2) is 16.8 Å². The molecule has 0 spiro atoms. The normalized spacial score (nSPS) is 18.7. The summed E-state index contributed by atoms with van der Waals surface area (Å²) < 4.78 is 0. The molecule has 4 rings (SSSR count). The van der Waals surface area contributed by atoms with Gasteiger partial charge in [-0.25, -0.2) is 0 Å². The van der Waals surface area contributed by atoms with Crippen LogP contribution in [0.25, 0.3) is 0 Å². The van der Waals surface area contributed by atoms with E-state index in [0.29, 0.717) is 17.1 Å². The number of aromatic nitrogens is 1. The topological polar surface area (TPSA) is 62.3 Å². The second-order valence-electron chi connectivity index (χ2n) is 6.56. The Morgan fingerprint density at radius 3 is 3.00 bits per heavy atom. The molecule has 2 aliphatic rings. The number of amides is 2. The summed E-state index contributed by atoms with van der Waals surface area (Å²) in [6.45, 7) is 2.02. The summed E-state index contributed by atoms with van der Waals surface area (Å²) in [6, 6.07) is 5.33. The van der Waals surface area contributed by atoms with Crippen molar-refractivity contribution in [3.8, 4) is 0 Å². The molecular weight excluding hydrogens is 338 g/mol. The minimum absolute atomic E-state index is 0.0245. The van der Waals surface area contributed by atoms with Crippen molar-refractivity contribution in [2.24, 2.45) is 0 Å². The number of halogens is 1. The molecule has 0 unspecified atom stereocenters. The number of fused-ring (bicyclic) bond motifs is 2. The second-order valence-corrected chi connectivity index (χ2v) is 7.00. The first-order valence-electron chi connectivity index (χ1n) is 8.39. The summed E-state index contributed by atoms with van der Waals surface area (Å²) in [7, 11) is 0. The van der Waals surface area contributed by atoms with E-state index in [9.17, 15) is 9.59 Å². The lowest BCUT2D eigenvalue weighted by Crippen LogP contribution is -2.31. The summed E-state index contributed by atoms with van der Waals surface area (Å²) in [5, 5.41) is 3.62. The highest BCUT2D eigenvalue weighted by atomic mass is 35.5. The highest BCUT2D eigenvalue weighted by Gasteiger charge is 2.32. The van der Waals surface area contributed by atoms with Crippen molar-refractivity contribution in [3.63, 3.8) is 0 Å². The predicted octanol–water partition coefficient (Wildman–Crippen LogP) is 3.41. The molecule has 0 saturated carbocycles. The molecule has 5 nitrogen and oxygen atoms in total. The van der Waals surface area contributed by atoms with Crippen LogP contribution in [0.2, 0.25) is 5.02 Å². The van der Waals surface area contributed by atoms with E-state index < -0.39 is 0 Å². The molecule has 25 heavy (non-hydrogen) atoms. The summed E-state index contributed by atoms with van der Waals surface area (Å²) >= 11 is 6.07. The highest BCUT2D eigenvalue weighted by molar-refractivity contribution is 6.31. The monoisotopic (exact) mass is 355 g/mol. The summed E-state index contributed by atoms with van der Waals surface area (Å²) in [6.07, 6.45) is 6.30. The van der Waals surface area contributed by atoms with E-state index in [0.717, 1.165) is 41.6 Å². The number of carbonyl (C=O) groups is 2. The first-order valence-corrected chi connectivity index (χ1v) is 8.76. The minimum atomic E-state index is -0.0532. The Labute approximate surface area is 151 Å². The van der Waals surface area contributed by atoms with E-state index in [2.05, 4.69) is 10.3 Å². The van der Waals surface area contributed by atoms with Crippen molar-refractivity contribution in [1.82, 2.24) is 10.3 Å². The Morgan fingerprint density at radius 2 is 2.20 bits per heavy atom. The SMILES string of the molecule is CC(=O)N[C@@H]1CCCc2c1cncc2N1Cc2cc(Cl)ccc2C1=O. The van der Waals surface area contributed by atoms with Crippen molar-refractivity contribution in [2.75, 3.05) is 4.90 Å². The van der Waals surface area contributed by atoms with Gasteiger partial charge in [-0.3, -0.25) is 14.6 Å². The maximum atomic E-state index is 12.8. The van der Waals surface area contributed by atoms with E-state index in [1.54, 1.807) is 23.2 Å². The molecule has 2 amide bonds. The molecule has 2 heterocycles. The van der Waals surface area contributed by atoms with Gasteiger partial charge in [0.15, 0.2) is 0 Å². The third-order valence-corrected chi connectivity index (χ3v) is 5.14. The van der Waals surface area contributed by atoms with Gasteiger partial charge in [0, 0.05) is 23.7 Å². The Kier molecular flexibility index (Phi) is 3.96. The van der Waals surface area contributed by atoms with Crippen LogP contribution >= 0.6 is 11.6 Å².